The fraction of sp³-hybridized carbons (Fsp3) is 0.593. The molecule has 0 saturated carbocycles. The van der Waals surface area contributed by atoms with Gasteiger partial charge in [0.1, 0.15) is 0 Å². The number of likely N-dealkylation sites (tertiary alicyclic amines) is 1. The Balaban J connectivity index is 2.00. The van der Waals surface area contributed by atoms with Crippen LogP contribution in [0.3, 0.4) is 0 Å². The predicted molar refractivity (Wildman–Crippen MR) is 134 cm³/mol. The lowest BCUT2D eigenvalue weighted by Gasteiger charge is -2.39. The van der Waals surface area contributed by atoms with Crippen molar-refractivity contribution in [2.45, 2.75) is 59.4 Å². The number of carbonyl (C=O) groups is 3. The Kier molecular flexibility index (Phi) is 9.32. The average molecular weight is 486 g/mol. The summed E-state index contributed by atoms with van der Waals surface area (Å²) in [5.74, 6) is -0.448. The molecule has 1 fully saturated rings. The molecular weight excluding hydrogens is 446 g/mol. The molecule has 2 amide bonds. The van der Waals surface area contributed by atoms with Crippen LogP contribution >= 0.6 is 0 Å². The van der Waals surface area contributed by atoms with Crippen LogP contribution in [0.1, 0.15) is 70.5 Å². The van der Waals surface area contributed by atoms with Gasteiger partial charge in [-0.3, -0.25) is 14.6 Å². The molecule has 0 bridgehead atoms. The first-order chi connectivity index (χ1) is 16.8. The van der Waals surface area contributed by atoms with E-state index in [1.54, 1.807) is 11.8 Å². The minimum Gasteiger partial charge on any atom is -0.466 e. The number of carbonyl (C=O) groups excluding carboxylic acids is 3. The third-order valence-electron chi connectivity index (χ3n) is 6.69. The van der Waals surface area contributed by atoms with Crippen LogP contribution in [-0.2, 0) is 19.1 Å². The van der Waals surface area contributed by atoms with Gasteiger partial charge < -0.3 is 14.8 Å². The van der Waals surface area contributed by atoms with E-state index in [1.165, 1.54) is 5.56 Å². The number of esters is 2. The van der Waals surface area contributed by atoms with Crippen molar-refractivity contribution in [2.75, 3.05) is 39.4 Å². The molecule has 8 nitrogen and oxygen atoms in total. The van der Waals surface area contributed by atoms with Crippen LogP contribution in [0.4, 0.5) is 4.79 Å². The molecule has 0 spiro atoms. The van der Waals surface area contributed by atoms with Crippen LogP contribution in [0.5, 0.6) is 0 Å². The van der Waals surface area contributed by atoms with E-state index in [-0.39, 0.29) is 24.5 Å². The van der Waals surface area contributed by atoms with Crippen molar-refractivity contribution in [2.24, 2.45) is 5.92 Å². The van der Waals surface area contributed by atoms with Crippen LogP contribution in [0.15, 0.2) is 35.5 Å². The number of ether oxygens (including phenoxy) is 2. The van der Waals surface area contributed by atoms with E-state index in [0.29, 0.717) is 43.4 Å². The van der Waals surface area contributed by atoms with E-state index in [9.17, 15) is 14.4 Å². The van der Waals surface area contributed by atoms with Gasteiger partial charge in [-0.05, 0) is 57.2 Å². The highest BCUT2D eigenvalue weighted by atomic mass is 16.5. The van der Waals surface area contributed by atoms with Gasteiger partial charge in [-0.1, -0.05) is 38.1 Å². The number of likely N-dealkylation sites (N-methyl/N-ethyl adjacent to an activating group) is 1. The smallest absolute Gasteiger partial charge is 0.338 e. The SMILES string of the molecule is CCOC(=O)C1=C(CN2CCC[C@H](C(=O)OCC)C2)N(CC)C(=O)N[C@H]1c1ccc(C(C)C)cc1. The third kappa shape index (κ3) is 6.23. The Bertz CT molecular complexity index is 941. The van der Waals surface area contributed by atoms with E-state index < -0.39 is 12.0 Å². The minimum atomic E-state index is -0.605. The van der Waals surface area contributed by atoms with Gasteiger partial charge in [-0.2, -0.15) is 0 Å². The number of amides is 2. The molecule has 0 radical (unpaired) electrons. The van der Waals surface area contributed by atoms with Crippen LogP contribution < -0.4 is 5.32 Å². The molecule has 2 heterocycles. The van der Waals surface area contributed by atoms with E-state index in [0.717, 1.165) is 24.9 Å². The summed E-state index contributed by atoms with van der Waals surface area (Å²) in [5, 5.41) is 3.02. The maximum atomic E-state index is 13.3. The maximum absolute atomic E-state index is 13.3. The highest BCUT2D eigenvalue weighted by molar-refractivity contribution is 5.95. The van der Waals surface area contributed by atoms with Crippen molar-refractivity contribution >= 4 is 18.0 Å². The second kappa shape index (κ2) is 12.2. The number of hydrogen-bond donors (Lipinski definition) is 1. The maximum Gasteiger partial charge on any atom is 0.338 e. The van der Waals surface area contributed by atoms with E-state index in [1.807, 2.05) is 38.1 Å². The number of benzene rings is 1. The summed E-state index contributed by atoms with van der Waals surface area (Å²) in [6.07, 6.45) is 1.63. The Morgan fingerprint density at radius 3 is 2.37 bits per heavy atom. The van der Waals surface area contributed by atoms with Crippen molar-refractivity contribution in [3.63, 3.8) is 0 Å². The second-order valence-corrected chi connectivity index (χ2v) is 9.36. The average Bonchev–Trinajstić information content (AvgIpc) is 2.84. The first-order valence-corrected chi connectivity index (χ1v) is 12.8. The van der Waals surface area contributed by atoms with Gasteiger partial charge in [0.25, 0.3) is 0 Å². The molecule has 1 aromatic carbocycles. The molecule has 2 atom stereocenters. The summed E-state index contributed by atoms with van der Waals surface area (Å²) in [7, 11) is 0. The van der Waals surface area contributed by atoms with Gasteiger partial charge in [0.05, 0.1) is 30.7 Å². The Hall–Kier alpha value is -2.87. The van der Waals surface area contributed by atoms with Crippen molar-refractivity contribution in [3.05, 3.63) is 46.7 Å². The number of piperidine rings is 1. The molecular formula is C27H39N3O5. The van der Waals surface area contributed by atoms with Gasteiger partial charge in [0, 0.05) is 25.3 Å². The first kappa shape index (κ1) is 26.7. The number of urea groups is 1. The molecule has 1 aromatic rings. The standard InChI is InChI=1S/C27H39N3O5/c1-6-30-22(17-29-15-9-10-21(16-29)25(31)34-7-2)23(26(32)35-8-3)24(28-27(30)33)20-13-11-19(12-14-20)18(4)5/h11-14,18,21,24H,6-10,15-17H2,1-5H3,(H,28,33)/t21-,24-/m0/s1. The second-order valence-electron chi connectivity index (χ2n) is 9.36. The molecule has 0 aliphatic carbocycles. The zero-order valence-corrected chi connectivity index (χ0v) is 21.6. The predicted octanol–water partition coefficient (Wildman–Crippen LogP) is 3.99. The summed E-state index contributed by atoms with van der Waals surface area (Å²) in [4.78, 5) is 42.6. The normalized spacial score (nSPS) is 21.2. The summed E-state index contributed by atoms with van der Waals surface area (Å²) >= 11 is 0. The molecule has 2 aliphatic heterocycles. The number of rotatable bonds is 9. The van der Waals surface area contributed by atoms with Crippen LogP contribution in [-0.4, -0.2) is 67.2 Å². The highest BCUT2D eigenvalue weighted by Crippen LogP contribution is 2.33. The van der Waals surface area contributed by atoms with Gasteiger partial charge in [0.2, 0.25) is 0 Å². The van der Waals surface area contributed by atoms with Gasteiger partial charge in [0.15, 0.2) is 0 Å². The number of nitrogens with zero attached hydrogens (tertiary/aromatic N) is 2. The zero-order chi connectivity index (χ0) is 25.5. The number of hydrogen-bond acceptors (Lipinski definition) is 6. The van der Waals surface area contributed by atoms with Crippen molar-refractivity contribution in [1.29, 1.82) is 0 Å². The van der Waals surface area contributed by atoms with Crippen molar-refractivity contribution < 1.29 is 23.9 Å². The summed E-state index contributed by atoms with van der Waals surface area (Å²) in [6, 6.07) is 7.16. The minimum absolute atomic E-state index is 0.186. The Morgan fingerprint density at radius 2 is 1.77 bits per heavy atom. The third-order valence-corrected chi connectivity index (χ3v) is 6.69. The molecule has 1 saturated heterocycles. The topological polar surface area (TPSA) is 88.2 Å². The summed E-state index contributed by atoms with van der Waals surface area (Å²) in [5.41, 5.74) is 3.11. The fourth-order valence-electron chi connectivity index (χ4n) is 4.84. The molecule has 2 aliphatic rings. The van der Waals surface area contributed by atoms with Gasteiger partial charge in [-0.25, -0.2) is 9.59 Å². The fourth-order valence-corrected chi connectivity index (χ4v) is 4.84. The van der Waals surface area contributed by atoms with Crippen molar-refractivity contribution in [3.8, 4) is 0 Å². The molecule has 192 valence electrons. The molecule has 0 aromatic heterocycles. The van der Waals surface area contributed by atoms with E-state index in [4.69, 9.17) is 9.47 Å². The van der Waals surface area contributed by atoms with E-state index in [2.05, 4.69) is 24.1 Å². The van der Waals surface area contributed by atoms with Gasteiger partial charge >= 0.3 is 18.0 Å². The van der Waals surface area contributed by atoms with E-state index >= 15 is 0 Å². The van der Waals surface area contributed by atoms with Crippen LogP contribution in [0, 0.1) is 5.92 Å². The molecule has 8 heteroatoms. The molecule has 35 heavy (non-hydrogen) atoms. The monoisotopic (exact) mass is 485 g/mol. The van der Waals surface area contributed by atoms with Gasteiger partial charge in [-0.15, -0.1) is 0 Å². The molecule has 0 unspecified atom stereocenters. The highest BCUT2D eigenvalue weighted by Gasteiger charge is 2.39. The Labute approximate surface area is 208 Å². The lowest BCUT2D eigenvalue weighted by Crippen LogP contribution is -2.51. The zero-order valence-electron chi connectivity index (χ0n) is 21.6. The molecule has 1 N–H and O–H groups in total. The lowest BCUT2D eigenvalue weighted by atomic mass is 9.91. The first-order valence-electron chi connectivity index (χ1n) is 12.8. The van der Waals surface area contributed by atoms with Crippen LogP contribution in [0.2, 0.25) is 0 Å². The molecule has 3 rings (SSSR count). The summed E-state index contributed by atoms with van der Waals surface area (Å²) < 4.78 is 10.7. The van der Waals surface area contributed by atoms with Crippen molar-refractivity contribution in [1.82, 2.24) is 15.1 Å². The number of nitrogens with one attached hydrogen (secondary N) is 1. The summed E-state index contributed by atoms with van der Waals surface area (Å²) in [6.45, 7) is 12.4. The largest absolute Gasteiger partial charge is 0.466 e. The Morgan fingerprint density at radius 1 is 1.09 bits per heavy atom. The van der Waals surface area contributed by atoms with Crippen LogP contribution in [0.25, 0.3) is 0 Å². The quantitative estimate of drug-likeness (QED) is 0.532. The lowest BCUT2D eigenvalue weighted by molar-refractivity contribution is -0.150.